The van der Waals surface area contributed by atoms with Gasteiger partial charge in [0.15, 0.2) is 0 Å². The molecule has 0 fully saturated rings. The summed E-state index contributed by atoms with van der Waals surface area (Å²) in [6, 6.07) is 0. The molecule has 0 aromatic rings. The Hall–Kier alpha value is -1.13. The Balaban J connectivity index is 3.40. The molecule has 0 spiro atoms. The molecule has 0 radical (unpaired) electrons. The van der Waals surface area contributed by atoms with Crippen LogP contribution in [0.4, 0.5) is 0 Å². The number of ether oxygens (including phenoxy) is 2. The summed E-state index contributed by atoms with van der Waals surface area (Å²) in [5.74, 6) is -0.201. The maximum absolute atomic E-state index is 12.2. The second-order valence-corrected chi connectivity index (χ2v) is 13.4. The van der Waals surface area contributed by atoms with E-state index in [1.165, 1.54) is 161 Å². The van der Waals surface area contributed by atoms with Crippen molar-refractivity contribution in [1.29, 1.82) is 0 Å². The normalized spacial score (nSPS) is 12.5. The van der Waals surface area contributed by atoms with Gasteiger partial charge in [0.1, 0.15) is 6.10 Å². The Bertz CT molecular complexity index is 629. The van der Waals surface area contributed by atoms with Gasteiger partial charge in [-0.2, -0.15) is 0 Å². The molecule has 0 saturated heterocycles. The van der Waals surface area contributed by atoms with Crippen molar-refractivity contribution in [3.8, 4) is 0 Å². The van der Waals surface area contributed by atoms with E-state index < -0.39 is 6.10 Å². The highest BCUT2D eigenvalue weighted by molar-refractivity contribution is 5.69. The fourth-order valence-corrected chi connectivity index (χ4v) is 5.77. The maximum Gasteiger partial charge on any atom is 0.306 e. The smallest absolute Gasteiger partial charge is 0.306 e. The SMILES string of the molecule is CCCCCCC/C=C\C/C=C\CCCCCCCCCCCCCC(=O)OC(CO)COCCCCCCCCCCCC. The van der Waals surface area contributed by atoms with E-state index in [1.807, 2.05) is 0 Å². The molecule has 45 heavy (non-hydrogen) atoms. The Morgan fingerprint density at radius 3 is 1.38 bits per heavy atom. The van der Waals surface area contributed by atoms with Gasteiger partial charge in [0, 0.05) is 13.0 Å². The number of rotatable bonds is 37. The van der Waals surface area contributed by atoms with Crippen molar-refractivity contribution in [2.24, 2.45) is 0 Å². The molecule has 0 rings (SSSR count). The summed E-state index contributed by atoms with van der Waals surface area (Å²) in [6.07, 6.45) is 46.6. The zero-order chi connectivity index (χ0) is 32.7. The Morgan fingerprint density at radius 2 is 0.933 bits per heavy atom. The van der Waals surface area contributed by atoms with Gasteiger partial charge in [-0.25, -0.2) is 0 Å². The van der Waals surface area contributed by atoms with Crippen molar-refractivity contribution < 1.29 is 19.4 Å². The first-order chi connectivity index (χ1) is 22.2. The van der Waals surface area contributed by atoms with Gasteiger partial charge < -0.3 is 14.6 Å². The molecule has 0 aromatic carbocycles. The molecule has 0 aliphatic carbocycles. The standard InChI is InChI=1S/C41H78O4/c1-3-5-7-9-11-13-15-16-17-18-19-20-21-22-23-24-25-26-27-28-30-32-34-36-41(43)45-40(38-42)39-44-37-35-33-31-29-14-12-10-8-6-4-2/h15-16,18-19,40,42H,3-14,17,20-39H2,1-2H3/b16-15-,19-18-. The molecule has 4 heteroatoms. The fourth-order valence-electron chi connectivity index (χ4n) is 5.77. The van der Waals surface area contributed by atoms with Gasteiger partial charge in [-0.1, -0.05) is 179 Å². The highest BCUT2D eigenvalue weighted by Gasteiger charge is 2.13. The van der Waals surface area contributed by atoms with Crippen LogP contribution in [0.5, 0.6) is 0 Å². The minimum Gasteiger partial charge on any atom is -0.457 e. The second-order valence-electron chi connectivity index (χ2n) is 13.4. The lowest BCUT2D eigenvalue weighted by molar-refractivity contribution is -0.154. The minimum absolute atomic E-state index is 0.169. The average molecular weight is 635 g/mol. The lowest BCUT2D eigenvalue weighted by Crippen LogP contribution is -2.27. The Kier molecular flexibility index (Phi) is 38.1. The third-order valence-electron chi connectivity index (χ3n) is 8.78. The first-order valence-corrected chi connectivity index (χ1v) is 19.9. The average Bonchev–Trinajstić information content (AvgIpc) is 3.05. The van der Waals surface area contributed by atoms with Gasteiger partial charge in [0.25, 0.3) is 0 Å². The van der Waals surface area contributed by atoms with Crippen molar-refractivity contribution >= 4 is 5.97 Å². The number of allylic oxidation sites excluding steroid dienone is 4. The predicted molar refractivity (Wildman–Crippen MR) is 196 cm³/mol. The highest BCUT2D eigenvalue weighted by Crippen LogP contribution is 2.14. The van der Waals surface area contributed by atoms with Crippen LogP contribution >= 0.6 is 0 Å². The van der Waals surface area contributed by atoms with Crippen molar-refractivity contribution in [1.82, 2.24) is 0 Å². The van der Waals surface area contributed by atoms with Crippen molar-refractivity contribution in [2.45, 2.75) is 213 Å². The zero-order valence-electron chi connectivity index (χ0n) is 30.4. The molecule has 1 atom stereocenters. The monoisotopic (exact) mass is 635 g/mol. The van der Waals surface area contributed by atoms with E-state index >= 15 is 0 Å². The molecule has 0 aliphatic rings. The number of aliphatic hydroxyl groups excluding tert-OH is 1. The molecular weight excluding hydrogens is 556 g/mol. The van der Waals surface area contributed by atoms with Gasteiger partial charge in [0.2, 0.25) is 0 Å². The third kappa shape index (κ3) is 37.2. The summed E-state index contributed by atoms with van der Waals surface area (Å²) in [4.78, 5) is 12.2. The molecule has 0 bridgehead atoms. The minimum atomic E-state index is -0.529. The van der Waals surface area contributed by atoms with Crippen molar-refractivity contribution in [2.75, 3.05) is 19.8 Å². The zero-order valence-corrected chi connectivity index (χ0v) is 30.4. The van der Waals surface area contributed by atoms with Crippen LogP contribution in [0.15, 0.2) is 24.3 Å². The van der Waals surface area contributed by atoms with Gasteiger partial charge >= 0.3 is 5.97 Å². The van der Waals surface area contributed by atoms with E-state index in [9.17, 15) is 9.90 Å². The summed E-state index contributed by atoms with van der Waals surface area (Å²) >= 11 is 0. The molecular formula is C41H78O4. The number of aliphatic hydroxyl groups is 1. The van der Waals surface area contributed by atoms with Crippen LogP contribution in [-0.2, 0) is 14.3 Å². The van der Waals surface area contributed by atoms with Crippen molar-refractivity contribution in [3.05, 3.63) is 24.3 Å². The van der Waals surface area contributed by atoms with Crippen LogP contribution < -0.4 is 0 Å². The van der Waals surface area contributed by atoms with Crippen LogP contribution in [0.1, 0.15) is 206 Å². The van der Waals surface area contributed by atoms with Gasteiger partial charge in [-0.05, 0) is 44.9 Å². The summed E-state index contributed by atoms with van der Waals surface area (Å²) in [5.41, 5.74) is 0. The molecule has 0 amide bonds. The number of unbranched alkanes of at least 4 members (excludes halogenated alkanes) is 25. The predicted octanol–water partition coefficient (Wildman–Crippen LogP) is 12.8. The van der Waals surface area contributed by atoms with Crippen LogP contribution in [0.2, 0.25) is 0 Å². The topological polar surface area (TPSA) is 55.8 Å². The molecule has 1 N–H and O–H groups in total. The van der Waals surface area contributed by atoms with Crippen molar-refractivity contribution in [3.63, 3.8) is 0 Å². The lowest BCUT2D eigenvalue weighted by Gasteiger charge is -2.16. The first kappa shape index (κ1) is 43.9. The van der Waals surface area contributed by atoms with E-state index in [1.54, 1.807) is 0 Å². The molecule has 0 aromatic heterocycles. The van der Waals surface area contributed by atoms with Crippen LogP contribution in [0.3, 0.4) is 0 Å². The van der Waals surface area contributed by atoms with E-state index in [2.05, 4.69) is 38.2 Å². The summed E-state index contributed by atoms with van der Waals surface area (Å²) < 4.78 is 11.1. The Morgan fingerprint density at radius 1 is 0.533 bits per heavy atom. The van der Waals surface area contributed by atoms with E-state index in [0.29, 0.717) is 19.6 Å². The van der Waals surface area contributed by atoms with Crippen LogP contribution in [0.25, 0.3) is 0 Å². The van der Waals surface area contributed by atoms with Gasteiger partial charge in [-0.3, -0.25) is 4.79 Å². The number of carbonyl (C=O) groups excluding carboxylic acids is 1. The number of hydrogen-bond acceptors (Lipinski definition) is 4. The summed E-state index contributed by atoms with van der Waals surface area (Å²) in [5, 5.41) is 9.55. The second kappa shape index (κ2) is 39.1. The first-order valence-electron chi connectivity index (χ1n) is 19.9. The largest absolute Gasteiger partial charge is 0.457 e. The van der Waals surface area contributed by atoms with Gasteiger partial charge in [-0.15, -0.1) is 0 Å². The van der Waals surface area contributed by atoms with Gasteiger partial charge in [0.05, 0.1) is 13.2 Å². The van der Waals surface area contributed by atoms with Crippen LogP contribution in [0, 0.1) is 0 Å². The quantitative estimate of drug-likeness (QED) is 0.0420. The molecule has 4 nitrogen and oxygen atoms in total. The molecule has 0 saturated carbocycles. The van der Waals surface area contributed by atoms with E-state index in [4.69, 9.17) is 9.47 Å². The number of carbonyl (C=O) groups is 1. The lowest BCUT2D eigenvalue weighted by atomic mass is 10.0. The molecule has 0 aliphatic heterocycles. The van der Waals surface area contributed by atoms with E-state index in [-0.39, 0.29) is 12.6 Å². The third-order valence-corrected chi connectivity index (χ3v) is 8.78. The molecule has 1 unspecified atom stereocenters. The summed E-state index contributed by atoms with van der Waals surface area (Å²) in [7, 11) is 0. The van der Waals surface area contributed by atoms with E-state index in [0.717, 1.165) is 25.7 Å². The molecule has 266 valence electrons. The maximum atomic E-state index is 12.2. The highest BCUT2D eigenvalue weighted by atomic mass is 16.6. The Labute approximate surface area is 281 Å². The summed E-state index contributed by atoms with van der Waals surface area (Å²) in [6.45, 7) is 5.35. The van der Waals surface area contributed by atoms with Crippen LogP contribution in [-0.4, -0.2) is 37.0 Å². The number of esters is 1. The molecule has 0 heterocycles. The fraction of sp³-hybridized carbons (Fsp3) is 0.878. The number of hydrogen-bond donors (Lipinski definition) is 1.